The van der Waals surface area contributed by atoms with E-state index in [0.717, 1.165) is 42.0 Å². The molecule has 5 aromatic rings. The van der Waals surface area contributed by atoms with Gasteiger partial charge in [-0.2, -0.15) is 5.26 Å². The van der Waals surface area contributed by atoms with E-state index in [9.17, 15) is 29.2 Å². The summed E-state index contributed by atoms with van der Waals surface area (Å²) in [7, 11) is 3.04. The van der Waals surface area contributed by atoms with E-state index in [1.165, 1.54) is 61.2 Å². The van der Waals surface area contributed by atoms with E-state index >= 15 is 8.78 Å². The van der Waals surface area contributed by atoms with E-state index in [1.54, 1.807) is 24.9 Å². The third kappa shape index (κ3) is 13.1. The highest BCUT2D eigenvalue weighted by Gasteiger charge is 2.61. The number of ether oxygens (including phenoxy) is 2. The van der Waals surface area contributed by atoms with Crippen LogP contribution >= 0.6 is 23.2 Å². The van der Waals surface area contributed by atoms with E-state index in [-0.39, 0.29) is 94.5 Å². The number of nitrogens with one attached hydrogen (secondary N) is 6. The van der Waals surface area contributed by atoms with Crippen molar-refractivity contribution in [2.75, 3.05) is 32.6 Å². The van der Waals surface area contributed by atoms with Crippen LogP contribution in [0.5, 0.6) is 11.5 Å². The van der Waals surface area contributed by atoms with Crippen LogP contribution in [0.25, 0.3) is 0 Å². The Balaban J connectivity index is 0.969. The highest BCUT2D eigenvalue weighted by atomic mass is 35.5. The standard InChI is InChI=1S/C63H72Cl2F2N8O7/c1-35(69-8)56(76)74-55(62(5,6)7)60(80)75-33-39-28-41(23-20-37(39)29-49(75)58(78)71-47-19-12-15-36-14-10-11-16-42(36)47)82-27-26-70-57(77)38-21-25-48(50(30-38)81-9)72-59(79)54-52(43-17-13-18-45(65)53(43)67)63(34-68,51(73-54)32-61(2,3)4)44-24-22-40(64)31-46(44)66/h10-11,13-14,16-18,20-25,28,30-31,35,47,49,51-52,54-55,69,73H,12,15,19,26-27,29,32-33H2,1-9H3,(H,70,77)(H,71,78)(H,72,79)(H,74,76)/t35-,47+,49-,51-,52-,54+,55+,63-/m0/s1. The number of likely N-dealkylation sites (N-methyl/N-ethyl adjacent to an activating group) is 1. The molecule has 434 valence electrons. The van der Waals surface area contributed by atoms with E-state index < -0.39 is 75.8 Å². The van der Waals surface area contributed by atoms with Gasteiger partial charge in [0.25, 0.3) is 5.91 Å². The zero-order chi connectivity index (χ0) is 59.4. The molecule has 19 heteroatoms. The minimum Gasteiger partial charge on any atom is -0.495 e. The predicted octanol–water partition coefficient (Wildman–Crippen LogP) is 9.64. The molecular weight excluding hydrogens is 1090 g/mol. The number of halogens is 4. The molecule has 5 amide bonds. The number of nitriles is 1. The Kier molecular flexibility index (Phi) is 18.7. The van der Waals surface area contributed by atoms with Gasteiger partial charge >= 0.3 is 0 Å². The maximum atomic E-state index is 16.3. The molecule has 1 saturated heterocycles. The normalized spacial score (nSPS) is 21.2. The summed E-state index contributed by atoms with van der Waals surface area (Å²) in [6.45, 7) is 13.4. The Hall–Kier alpha value is -7.10. The topological polar surface area (TPSA) is 203 Å². The summed E-state index contributed by atoms with van der Waals surface area (Å²) in [6, 6.07) is 23.8. The average Bonchev–Trinajstić information content (AvgIpc) is 3.53. The van der Waals surface area contributed by atoms with Crippen molar-refractivity contribution in [1.29, 1.82) is 5.26 Å². The number of aryl methyl sites for hydroxylation is 1. The van der Waals surface area contributed by atoms with Gasteiger partial charge in [0.1, 0.15) is 47.2 Å². The van der Waals surface area contributed by atoms with Gasteiger partial charge in [0, 0.05) is 41.1 Å². The number of hydrogen-bond donors (Lipinski definition) is 6. The number of carbonyl (C=O) groups is 5. The second kappa shape index (κ2) is 25.2. The van der Waals surface area contributed by atoms with Gasteiger partial charge in [-0.1, -0.05) is 113 Å². The highest BCUT2D eigenvalue weighted by Crippen LogP contribution is 2.53. The Morgan fingerprint density at radius 2 is 1.63 bits per heavy atom. The summed E-state index contributed by atoms with van der Waals surface area (Å²) in [5.74, 6) is -4.54. The van der Waals surface area contributed by atoms with Crippen molar-refractivity contribution in [2.24, 2.45) is 10.8 Å². The van der Waals surface area contributed by atoms with E-state index in [4.69, 9.17) is 32.7 Å². The van der Waals surface area contributed by atoms with Gasteiger partial charge in [0.2, 0.25) is 23.6 Å². The summed E-state index contributed by atoms with van der Waals surface area (Å²) >= 11 is 12.5. The highest BCUT2D eigenvalue weighted by molar-refractivity contribution is 6.31. The van der Waals surface area contributed by atoms with Crippen molar-refractivity contribution in [2.45, 2.75) is 135 Å². The monoisotopic (exact) mass is 1160 g/mol. The van der Waals surface area contributed by atoms with Crippen molar-refractivity contribution in [3.05, 3.63) is 158 Å². The maximum absolute atomic E-state index is 16.3. The molecule has 0 aromatic heterocycles. The first-order valence-electron chi connectivity index (χ1n) is 27.6. The molecular formula is C63H72Cl2F2N8O7. The number of hydrogen-bond acceptors (Lipinski definition) is 10. The van der Waals surface area contributed by atoms with E-state index in [2.05, 4.69) is 44.0 Å². The van der Waals surface area contributed by atoms with Gasteiger partial charge in [-0.3, -0.25) is 24.0 Å². The lowest BCUT2D eigenvalue weighted by atomic mass is 9.62. The van der Waals surface area contributed by atoms with E-state index in [1.807, 2.05) is 71.9 Å². The molecule has 8 rings (SSSR count). The fourth-order valence-corrected chi connectivity index (χ4v) is 12.0. The number of amides is 5. The van der Waals surface area contributed by atoms with Crippen LogP contribution in [0.2, 0.25) is 10.0 Å². The number of fused-ring (bicyclic) bond motifs is 2. The van der Waals surface area contributed by atoms with Crippen molar-refractivity contribution in [3.63, 3.8) is 0 Å². The number of nitrogens with zero attached hydrogens (tertiary/aromatic N) is 2. The summed E-state index contributed by atoms with van der Waals surface area (Å²) < 4.78 is 44.3. The number of methoxy groups -OCH3 is 1. The summed E-state index contributed by atoms with van der Waals surface area (Å²) in [4.78, 5) is 72.5. The second-order valence-electron chi connectivity index (χ2n) is 23.8. The molecule has 8 atom stereocenters. The number of anilines is 1. The number of carbonyl (C=O) groups excluding carboxylic acids is 5. The predicted molar refractivity (Wildman–Crippen MR) is 312 cm³/mol. The second-order valence-corrected chi connectivity index (χ2v) is 24.6. The zero-order valence-corrected chi connectivity index (χ0v) is 49.2. The first-order valence-corrected chi connectivity index (χ1v) is 28.4. The molecule has 0 spiro atoms. The Morgan fingerprint density at radius 1 is 0.890 bits per heavy atom. The number of benzene rings is 5. The molecule has 0 radical (unpaired) electrons. The minimum absolute atomic E-state index is 0.0528. The summed E-state index contributed by atoms with van der Waals surface area (Å²) in [6.07, 6.45) is 3.11. The van der Waals surface area contributed by atoms with Crippen LogP contribution in [0.1, 0.15) is 123 Å². The molecule has 0 unspecified atom stereocenters. The zero-order valence-electron chi connectivity index (χ0n) is 47.7. The molecule has 6 N–H and O–H groups in total. The largest absolute Gasteiger partial charge is 0.495 e. The summed E-state index contributed by atoms with van der Waals surface area (Å²) in [5.41, 5.74) is 1.11. The molecule has 0 bridgehead atoms. The van der Waals surface area contributed by atoms with Crippen molar-refractivity contribution in [1.82, 2.24) is 31.5 Å². The average molecular weight is 1160 g/mol. The fourth-order valence-electron chi connectivity index (χ4n) is 11.6. The third-order valence-corrected chi connectivity index (χ3v) is 16.4. The van der Waals surface area contributed by atoms with Crippen LogP contribution in [0.3, 0.4) is 0 Å². The first-order chi connectivity index (χ1) is 38.9. The van der Waals surface area contributed by atoms with Gasteiger partial charge in [-0.15, -0.1) is 0 Å². The third-order valence-electron chi connectivity index (χ3n) is 15.9. The van der Waals surface area contributed by atoms with Crippen molar-refractivity contribution >= 4 is 58.4 Å². The fraction of sp³-hybridized carbons (Fsp3) is 0.429. The molecule has 3 aliphatic rings. The number of rotatable bonds is 17. The Labute approximate surface area is 488 Å². The van der Waals surface area contributed by atoms with Crippen LogP contribution in [0.15, 0.2) is 97.1 Å². The van der Waals surface area contributed by atoms with Crippen LogP contribution in [0, 0.1) is 33.8 Å². The summed E-state index contributed by atoms with van der Waals surface area (Å²) in [5, 5.41) is 29.3. The SMILES string of the molecule is CN[C@@H](C)C(=O)N[C@H](C(=O)N1Cc2cc(OCCNC(=O)c3ccc(NC(=O)[C@@H]4N[C@@H](CC(C)(C)C)[C@](C#N)(c5ccc(Cl)cc5F)[C@H]4c4cccc(Cl)c4F)c(OC)c3)ccc2C[C@H]1C(=O)N[C@@H]1CCCc2ccccc21)C(C)(C)C. The van der Waals surface area contributed by atoms with Crippen LogP contribution in [-0.2, 0) is 44.0 Å². The van der Waals surface area contributed by atoms with Gasteiger partial charge in [0.15, 0.2) is 0 Å². The van der Waals surface area contributed by atoms with Gasteiger partial charge in [-0.25, -0.2) is 8.78 Å². The van der Waals surface area contributed by atoms with Gasteiger partial charge < -0.3 is 46.3 Å². The molecule has 5 aromatic carbocycles. The van der Waals surface area contributed by atoms with Gasteiger partial charge in [-0.05, 0) is 127 Å². The molecule has 2 heterocycles. The lowest BCUT2D eigenvalue weighted by molar-refractivity contribution is -0.147. The Morgan fingerprint density at radius 3 is 2.33 bits per heavy atom. The Bertz CT molecular complexity index is 3290. The quantitative estimate of drug-likeness (QED) is 0.0487. The smallest absolute Gasteiger partial charge is 0.251 e. The van der Waals surface area contributed by atoms with Gasteiger partial charge in [0.05, 0.1) is 48.6 Å². The van der Waals surface area contributed by atoms with Crippen molar-refractivity contribution < 1.29 is 42.2 Å². The van der Waals surface area contributed by atoms with Crippen molar-refractivity contribution in [3.8, 4) is 17.6 Å². The van der Waals surface area contributed by atoms with E-state index in [0.29, 0.717) is 5.75 Å². The van der Waals surface area contributed by atoms with Crippen LogP contribution in [-0.4, -0.2) is 92.0 Å². The lowest BCUT2D eigenvalue weighted by Gasteiger charge is -2.41. The van der Waals surface area contributed by atoms with Crippen LogP contribution < -0.4 is 41.4 Å². The van der Waals surface area contributed by atoms with Crippen LogP contribution in [0.4, 0.5) is 14.5 Å². The molecule has 0 saturated carbocycles. The molecule has 82 heavy (non-hydrogen) atoms. The minimum atomic E-state index is -1.85. The molecule has 15 nitrogen and oxygen atoms in total. The lowest BCUT2D eigenvalue weighted by Crippen LogP contribution is -2.62. The maximum Gasteiger partial charge on any atom is 0.251 e. The molecule has 1 aliphatic carbocycles. The first kappa shape index (κ1) is 61.0. The molecule has 1 fully saturated rings. The molecule has 2 aliphatic heterocycles.